The zero-order valence-electron chi connectivity index (χ0n) is 12.3. The van der Waals surface area contributed by atoms with Crippen LogP contribution in [0.25, 0.3) is 0 Å². The first-order chi connectivity index (χ1) is 11.2. The van der Waals surface area contributed by atoms with Crippen molar-refractivity contribution in [3.63, 3.8) is 0 Å². The van der Waals surface area contributed by atoms with Gasteiger partial charge >= 0.3 is 0 Å². The molecule has 1 unspecified atom stereocenters. The molecule has 2 aromatic rings. The van der Waals surface area contributed by atoms with E-state index >= 15 is 0 Å². The number of halogens is 2. The molecule has 0 amide bonds. The Hall–Kier alpha value is -1.56. The van der Waals surface area contributed by atoms with Crippen molar-refractivity contribution in [2.24, 2.45) is 9.98 Å². The maximum atomic E-state index is 5.99. The first-order valence-corrected chi connectivity index (χ1v) is 8.40. The number of nitrogens with zero attached hydrogens (tertiary/aromatic N) is 3. The summed E-state index contributed by atoms with van der Waals surface area (Å²) in [4.78, 5) is 13.2. The van der Waals surface area contributed by atoms with E-state index in [9.17, 15) is 0 Å². The van der Waals surface area contributed by atoms with Crippen LogP contribution < -0.4 is 0 Å². The molecule has 1 aromatic carbocycles. The molecule has 3 rings (SSSR count). The van der Waals surface area contributed by atoms with Crippen LogP contribution in [0, 0.1) is 0 Å². The fourth-order valence-corrected chi connectivity index (χ4v) is 3.02. The van der Waals surface area contributed by atoms with E-state index in [0.29, 0.717) is 29.5 Å². The summed E-state index contributed by atoms with van der Waals surface area (Å²) in [7, 11) is 0. The van der Waals surface area contributed by atoms with Crippen LogP contribution in [-0.2, 0) is 11.3 Å². The first-order valence-electron chi connectivity index (χ1n) is 7.23. The quantitative estimate of drug-likeness (QED) is 0.723. The van der Waals surface area contributed by atoms with Gasteiger partial charge in [-0.2, -0.15) is 0 Å². The average molecular weight is 393 g/mol. The molecule has 118 valence electrons. The third-order valence-corrected chi connectivity index (χ3v) is 3.93. The van der Waals surface area contributed by atoms with Crippen LogP contribution in [0.4, 0.5) is 0 Å². The van der Waals surface area contributed by atoms with Crippen LogP contribution in [0.1, 0.15) is 11.1 Å². The molecule has 1 aliphatic rings. The standard InChI is InChI=1S/C17H15BrClN3O/c18-16-6-13(7-17(19)22-16)15-9-20-8-14(21-15)11-23-10-12-4-2-1-3-5-12/h1-7,9,14H,8,10-11H2. The smallest absolute Gasteiger partial charge is 0.131 e. The molecule has 0 radical (unpaired) electrons. The monoisotopic (exact) mass is 391 g/mol. The van der Waals surface area contributed by atoms with Crippen molar-refractivity contribution in [3.8, 4) is 0 Å². The predicted molar refractivity (Wildman–Crippen MR) is 96.7 cm³/mol. The van der Waals surface area contributed by atoms with Crippen molar-refractivity contribution in [2.75, 3.05) is 13.2 Å². The second-order valence-corrected chi connectivity index (χ2v) is 6.36. The zero-order valence-corrected chi connectivity index (χ0v) is 14.7. The van der Waals surface area contributed by atoms with Crippen molar-refractivity contribution in [1.29, 1.82) is 0 Å². The predicted octanol–water partition coefficient (Wildman–Crippen LogP) is 3.96. The molecule has 1 aliphatic heterocycles. The molecule has 0 aliphatic carbocycles. The van der Waals surface area contributed by atoms with E-state index in [4.69, 9.17) is 21.3 Å². The second kappa shape index (κ2) is 7.81. The minimum atomic E-state index is 0.0180. The van der Waals surface area contributed by atoms with Gasteiger partial charge in [0.25, 0.3) is 0 Å². The van der Waals surface area contributed by atoms with Crippen molar-refractivity contribution >= 4 is 39.5 Å². The third-order valence-electron chi connectivity index (χ3n) is 3.33. The van der Waals surface area contributed by atoms with Gasteiger partial charge in [0.2, 0.25) is 0 Å². The zero-order chi connectivity index (χ0) is 16.1. The van der Waals surface area contributed by atoms with Gasteiger partial charge < -0.3 is 4.74 Å². The molecule has 6 heteroatoms. The Bertz CT molecular complexity index is 714. The number of rotatable bonds is 5. The topological polar surface area (TPSA) is 46.8 Å². The van der Waals surface area contributed by atoms with Crippen LogP contribution in [0.2, 0.25) is 5.15 Å². The van der Waals surface area contributed by atoms with Gasteiger partial charge in [0.1, 0.15) is 9.76 Å². The fourth-order valence-electron chi connectivity index (χ4n) is 2.27. The second-order valence-electron chi connectivity index (χ2n) is 5.16. The molecule has 4 nitrogen and oxygen atoms in total. The normalized spacial score (nSPS) is 17.1. The van der Waals surface area contributed by atoms with Gasteiger partial charge in [-0.1, -0.05) is 41.9 Å². The summed E-state index contributed by atoms with van der Waals surface area (Å²) in [5.41, 5.74) is 2.85. The lowest BCUT2D eigenvalue weighted by atomic mass is 10.1. The summed E-state index contributed by atoms with van der Waals surface area (Å²) in [6.07, 6.45) is 1.77. The van der Waals surface area contributed by atoms with Gasteiger partial charge in [-0.15, -0.1) is 0 Å². The van der Waals surface area contributed by atoms with Gasteiger partial charge in [0, 0.05) is 11.8 Å². The molecular weight excluding hydrogens is 378 g/mol. The number of aromatic nitrogens is 1. The summed E-state index contributed by atoms with van der Waals surface area (Å²) < 4.78 is 6.44. The fraction of sp³-hybridized carbons (Fsp3) is 0.235. The Balaban J connectivity index is 1.63. The Labute approximate surface area is 148 Å². The van der Waals surface area contributed by atoms with E-state index in [-0.39, 0.29) is 6.04 Å². The van der Waals surface area contributed by atoms with E-state index in [1.165, 1.54) is 0 Å². The van der Waals surface area contributed by atoms with Crippen LogP contribution in [0.15, 0.2) is 57.1 Å². The van der Waals surface area contributed by atoms with Gasteiger partial charge in [-0.3, -0.25) is 9.98 Å². The minimum Gasteiger partial charge on any atom is -0.374 e. The number of hydrogen-bond donors (Lipinski definition) is 0. The summed E-state index contributed by atoms with van der Waals surface area (Å²) in [6, 6.07) is 13.8. The highest BCUT2D eigenvalue weighted by molar-refractivity contribution is 9.10. The molecule has 0 spiro atoms. The highest BCUT2D eigenvalue weighted by atomic mass is 79.9. The van der Waals surface area contributed by atoms with Crippen LogP contribution in [0.3, 0.4) is 0 Å². The van der Waals surface area contributed by atoms with Crippen LogP contribution >= 0.6 is 27.5 Å². The molecule has 2 heterocycles. The van der Waals surface area contributed by atoms with Gasteiger partial charge in [0.05, 0.1) is 31.5 Å². The van der Waals surface area contributed by atoms with Gasteiger partial charge in [-0.25, -0.2) is 4.98 Å². The summed E-state index contributed by atoms with van der Waals surface area (Å²) in [5.74, 6) is 0. The first kappa shape index (κ1) is 16.3. The Morgan fingerprint density at radius 1 is 1.22 bits per heavy atom. The van der Waals surface area contributed by atoms with E-state index in [1.54, 1.807) is 12.3 Å². The minimum absolute atomic E-state index is 0.0180. The number of benzene rings is 1. The lowest BCUT2D eigenvalue weighted by Crippen LogP contribution is -2.24. The Morgan fingerprint density at radius 2 is 2.04 bits per heavy atom. The molecule has 1 aromatic heterocycles. The van der Waals surface area contributed by atoms with Crippen molar-refractivity contribution < 1.29 is 4.74 Å². The number of ether oxygens (including phenoxy) is 1. The number of aliphatic imine (C=N–C) groups is 2. The van der Waals surface area contributed by atoms with E-state index in [2.05, 4.69) is 25.9 Å². The van der Waals surface area contributed by atoms with Crippen molar-refractivity contribution in [2.45, 2.75) is 12.6 Å². The van der Waals surface area contributed by atoms with E-state index in [1.807, 2.05) is 36.4 Å². The van der Waals surface area contributed by atoms with Crippen LogP contribution in [0.5, 0.6) is 0 Å². The lowest BCUT2D eigenvalue weighted by Gasteiger charge is -2.16. The summed E-state index contributed by atoms with van der Waals surface area (Å²) >= 11 is 9.33. The molecule has 23 heavy (non-hydrogen) atoms. The van der Waals surface area contributed by atoms with Crippen LogP contribution in [-0.4, -0.2) is 36.1 Å². The summed E-state index contributed by atoms with van der Waals surface area (Å²) in [5, 5.41) is 0.424. The lowest BCUT2D eigenvalue weighted by molar-refractivity contribution is 0.110. The number of hydrogen-bond acceptors (Lipinski definition) is 4. The molecule has 0 saturated heterocycles. The van der Waals surface area contributed by atoms with Crippen molar-refractivity contribution in [1.82, 2.24) is 4.98 Å². The van der Waals surface area contributed by atoms with Gasteiger partial charge in [0.15, 0.2) is 0 Å². The van der Waals surface area contributed by atoms with E-state index in [0.717, 1.165) is 16.8 Å². The SMILES string of the molecule is Clc1cc(C2=NC(COCc3ccccc3)CN=C2)cc(Br)n1. The molecular formula is C17H15BrClN3O. The summed E-state index contributed by atoms with van der Waals surface area (Å²) in [6.45, 7) is 1.76. The number of pyridine rings is 1. The molecule has 1 atom stereocenters. The van der Waals surface area contributed by atoms with E-state index < -0.39 is 0 Å². The average Bonchev–Trinajstić information content (AvgIpc) is 2.55. The Kier molecular flexibility index (Phi) is 5.54. The molecule has 0 bridgehead atoms. The van der Waals surface area contributed by atoms with Crippen molar-refractivity contribution in [3.05, 3.63) is 63.3 Å². The molecule has 0 saturated carbocycles. The Morgan fingerprint density at radius 3 is 2.83 bits per heavy atom. The highest BCUT2D eigenvalue weighted by Gasteiger charge is 2.14. The van der Waals surface area contributed by atoms with Gasteiger partial charge in [-0.05, 0) is 33.6 Å². The maximum Gasteiger partial charge on any atom is 0.131 e. The largest absolute Gasteiger partial charge is 0.374 e. The third kappa shape index (κ3) is 4.70. The molecule has 0 fully saturated rings. The highest BCUT2D eigenvalue weighted by Crippen LogP contribution is 2.17. The maximum absolute atomic E-state index is 5.99. The molecule has 0 N–H and O–H groups in total.